The topological polar surface area (TPSA) is 101 Å². The van der Waals surface area contributed by atoms with Gasteiger partial charge in [0.2, 0.25) is 0 Å². The Hall–Kier alpha value is -3.84. The molecule has 2 bridgehead atoms. The molecule has 31 heavy (non-hydrogen) atoms. The first-order valence-corrected chi connectivity index (χ1v) is 10.2. The fraction of sp³-hybridized carbons (Fsp3) is 0.167. The summed E-state index contributed by atoms with van der Waals surface area (Å²) in [5.74, 6) is -0.335. The molecule has 3 unspecified atom stereocenters. The van der Waals surface area contributed by atoms with Gasteiger partial charge in [-0.25, -0.2) is 15.0 Å². The van der Waals surface area contributed by atoms with Crippen LogP contribution in [0, 0.1) is 0 Å². The van der Waals surface area contributed by atoms with Crippen LogP contribution in [0.25, 0.3) is 33.5 Å². The van der Waals surface area contributed by atoms with Crippen LogP contribution in [-0.2, 0) is 6.42 Å². The maximum Gasteiger partial charge on any atom is 0.184 e. The number of benzene rings is 3. The van der Waals surface area contributed by atoms with Gasteiger partial charge in [0, 0.05) is 17.9 Å². The van der Waals surface area contributed by atoms with Crippen molar-refractivity contribution < 1.29 is 10.2 Å². The number of phenolic OH excluding ortho intramolecular Hbond substituents is 1. The second kappa shape index (κ2) is 5.65. The van der Waals surface area contributed by atoms with E-state index < -0.39 is 12.1 Å². The fourth-order valence-corrected chi connectivity index (χ4v) is 5.34. The third-order valence-corrected chi connectivity index (χ3v) is 6.63. The molecule has 2 aliphatic carbocycles. The van der Waals surface area contributed by atoms with Gasteiger partial charge in [-0.05, 0) is 36.4 Å². The number of rotatable bonds is 0. The van der Waals surface area contributed by atoms with Gasteiger partial charge in [-0.2, -0.15) is 0 Å². The van der Waals surface area contributed by atoms with E-state index in [0.717, 1.165) is 28.1 Å². The molecule has 3 aromatic rings. The van der Waals surface area contributed by atoms with E-state index in [1.165, 1.54) is 6.07 Å². The van der Waals surface area contributed by atoms with Gasteiger partial charge in [-0.15, -0.1) is 0 Å². The third kappa shape index (κ3) is 2.06. The predicted octanol–water partition coefficient (Wildman–Crippen LogP) is 2.75. The summed E-state index contributed by atoms with van der Waals surface area (Å²) in [7, 11) is 0. The van der Waals surface area contributed by atoms with Gasteiger partial charge < -0.3 is 14.8 Å². The summed E-state index contributed by atoms with van der Waals surface area (Å²) in [6.07, 6.45) is -0.432. The fourth-order valence-electron chi connectivity index (χ4n) is 5.34. The van der Waals surface area contributed by atoms with E-state index in [0.29, 0.717) is 28.7 Å². The largest absolute Gasteiger partial charge is 0.506 e. The lowest BCUT2D eigenvalue weighted by Gasteiger charge is -2.43. The molecule has 7 nitrogen and oxygen atoms in total. The number of phenols is 1. The summed E-state index contributed by atoms with van der Waals surface area (Å²) in [4.78, 5) is 27.3. The molecule has 150 valence electrons. The Morgan fingerprint density at radius 1 is 0.935 bits per heavy atom. The smallest absolute Gasteiger partial charge is 0.184 e. The Labute approximate surface area is 175 Å². The normalized spacial score (nSPS) is 21.5. The molecule has 0 radical (unpaired) electrons. The molecule has 7 heteroatoms. The van der Waals surface area contributed by atoms with E-state index >= 15 is 0 Å². The van der Waals surface area contributed by atoms with Crippen molar-refractivity contribution in [2.45, 2.75) is 24.5 Å². The Morgan fingerprint density at radius 3 is 2.68 bits per heavy atom. The zero-order chi connectivity index (χ0) is 20.9. The summed E-state index contributed by atoms with van der Waals surface area (Å²) in [5, 5.41) is 21.8. The first-order chi connectivity index (χ1) is 15.1. The number of hydrogen-bond donors (Lipinski definition) is 2. The SMILES string of the molecule is O=c1ccc2nc3ccccc3n3c-2c1C1Cc2nc4cccc(O)c4nc2C3C1O. The quantitative estimate of drug-likeness (QED) is 0.382. The van der Waals surface area contributed by atoms with E-state index in [-0.39, 0.29) is 17.1 Å². The number of hydrogen-bond acceptors (Lipinski definition) is 6. The lowest BCUT2D eigenvalue weighted by Crippen LogP contribution is -2.45. The monoisotopic (exact) mass is 408 g/mol. The van der Waals surface area contributed by atoms with Crippen LogP contribution < -0.4 is 5.43 Å². The maximum atomic E-state index is 13.0. The summed E-state index contributed by atoms with van der Waals surface area (Å²) < 4.78 is 1.99. The number of aromatic nitrogens is 4. The molecule has 0 amide bonds. The van der Waals surface area contributed by atoms with Crippen LogP contribution in [0.2, 0.25) is 0 Å². The highest BCUT2D eigenvalue weighted by molar-refractivity contribution is 5.84. The minimum Gasteiger partial charge on any atom is -0.506 e. The van der Waals surface area contributed by atoms with Crippen molar-refractivity contribution >= 4 is 22.1 Å². The van der Waals surface area contributed by atoms with Gasteiger partial charge in [0.1, 0.15) is 17.3 Å². The van der Waals surface area contributed by atoms with Crippen molar-refractivity contribution in [3.8, 4) is 17.1 Å². The average molecular weight is 408 g/mol. The molecule has 2 N–H and O–H groups in total. The minimum atomic E-state index is -0.841. The predicted molar refractivity (Wildman–Crippen MR) is 114 cm³/mol. The van der Waals surface area contributed by atoms with Crippen molar-refractivity contribution in [2.75, 3.05) is 0 Å². The first kappa shape index (κ1) is 16.9. The highest BCUT2D eigenvalue weighted by Gasteiger charge is 2.47. The van der Waals surface area contributed by atoms with Crippen LogP contribution in [0.4, 0.5) is 0 Å². The second-order valence-electron chi connectivity index (χ2n) is 8.26. The lowest BCUT2D eigenvalue weighted by atomic mass is 9.74. The van der Waals surface area contributed by atoms with E-state index in [2.05, 4.69) is 0 Å². The van der Waals surface area contributed by atoms with Crippen LogP contribution in [0.1, 0.15) is 28.9 Å². The van der Waals surface area contributed by atoms with Gasteiger partial charge >= 0.3 is 0 Å². The molecule has 1 aromatic heterocycles. The number of para-hydroxylation sites is 3. The van der Waals surface area contributed by atoms with E-state index in [9.17, 15) is 15.0 Å². The summed E-state index contributed by atoms with van der Waals surface area (Å²) in [5.41, 5.74) is 5.91. The number of fused-ring (bicyclic) bond motifs is 9. The molecule has 2 aliphatic heterocycles. The molecule has 2 aromatic carbocycles. The van der Waals surface area contributed by atoms with Crippen LogP contribution in [0.3, 0.4) is 0 Å². The first-order valence-electron chi connectivity index (χ1n) is 10.2. The lowest BCUT2D eigenvalue weighted by molar-refractivity contribution is 0.0837. The van der Waals surface area contributed by atoms with Gasteiger partial charge in [0.25, 0.3) is 0 Å². The Balaban J connectivity index is 1.67. The van der Waals surface area contributed by atoms with Crippen LogP contribution >= 0.6 is 0 Å². The van der Waals surface area contributed by atoms with Crippen molar-refractivity contribution in [1.82, 2.24) is 19.5 Å². The standard InChI is InChI=1S/C24H16N4O3/c29-17-9-8-14-22-19(17)11-10-15-21(27-20-13(26-15)5-3-7-18(20)30)23(24(11)31)28(22)16-6-2-1-4-12(16)25-14/h1-9,11,23-24,30-31H,10H2. The molecular formula is C24H16N4O3. The van der Waals surface area contributed by atoms with E-state index in [4.69, 9.17) is 15.0 Å². The molecule has 0 fully saturated rings. The van der Waals surface area contributed by atoms with Crippen LogP contribution in [0.15, 0.2) is 59.4 Å². The van der Waals surface area contributed by atoms with Crippen molar-refractivity contribution in [3.63, 3.8) is 0 Å². The number of aliphatic hydroxyl groups excluding tert-OH is 1. The molecule has 4 aliphatic rings. The van der Waals surface area contributed by atoms with Gasteiger partial charge in [0.05, 0.1) is 45.4 Å². The van der Waals surface area contributed by atoms with Gasteiger partial charge in [0.15, 0.2) is 5.43 Å². The number of aromatic hydroxyl groups is 1. The second-order valence-corrected chi connectivity index (χ2v) is 8.26. The van der Waals surface area contributed by atoms with E-state index in [1.807, 2.05) is 34.9 Å². The van der Waals surface area contributed by atoms with Gasteiger partial charge in [-0.1, -0.05) is 18.2 Å². The van der Waals surface area contributed by atoms with Crippen molar-refractivity contribution in [1.29, 1.82) is 0 Å². The van der Waals surface area contributed by atoms with Crippen molar-refractivity contribution in [2.24, 2.45) is 0 Å². The van der Waals surface area contributed by atoms with E-state index in [1.54, 1.807) is 18.2 Å². The Kier molecular flexibility index (Phi) is 3.08. The zero-order valence-electron chi connectivity index (χ0n) is 16.2. The minimum absolute atomic E-state index is 0.0530. The third-order valence-electron chi connectivity index (χ3n) is 6.63. The number of aliphatic hydroxyl groups is 1. The molecule has 0 saturated heterocycles. The maximum absolute atomic E-state index is 13.0. The highest BCUT2D eigenvalue weighted by Crippen LogP contribution is 2.49. The summed E-state index contributed by atoms with van der Waals surface area (Å²) >= 11 is 0. The van der Waals surface area contributed by atoms with Crippen molar-refractivity contribution in [3.05, 3.63) is 81.8 Å². The Morgan fingerprint density at radius 2 is 1.77 bits per heavy atom. The Bertz CT molecular complexity index is 1590. The molecule has 3 heterocycles. The molecule has 0 spiro atoms. The summed E-state index contributed by atoms with van der Waals surface area (Å²) in [6, 6.07) is 15.6. The van der Waals surface area contributed by atoms with Crippen LogP contribution in [-0.4, -0.2) is 35.8 Å². The molecule has 7 rings (SSSR count). The molecule has 3 atom stereocenters. The highest BCUT2D eigenvalue weighted by atomic mass is 16.3. The van der Waals surface area contributed by atoms with Crippen LogP contribution in [0.5, 0.6) is 5.75 Å². The molecule has 0 saturated carbocycles. The summed E-state index contributed by atoms with van der Waals surface area (Å²) in [6.45, 7) is 0. The average Bonchev–Trinajstić information content (AvgIpc) is 2.77. The number of nitrogens with zero attached hydrogens (tertiary/aromatic N) is 4. The zero-order valence-corrected chi connectivity index (χ0v) is 16.2. The molecular weight excluding hydrogens is 392 g/mol. The van der Waals surface area contributed by atoms with Gasteiger partial charge in [-0.3, -0.25) is 4.79 Å².